The topological polar surface area (TPSA) is 69.4 Å². The van der Waals surface area contributed by atoms with E-state index in [0.717, 1.165) is 6.07 Å². The zero-order valence-corrected chi connectivity index (χ0v) is 10.9. The first-order valence-electron chi connectivity index (χ1n) is 4.44. The van der Waals surface area contributed by atoms with Gasteiger partial charge in [-0.25, -0.2) is 13.6 Å². The molecule has 0 aliphatic rings. The number of halogens is 2. The van der Waals surface area contributed by atoms with Crippen LogP contribution < -0.4 is 9.88 Å². The molecule has 0 fully saturated rings. The minimum absolute atomic E-state index is 0.0485. The average molecular weight is 294 g/mol. The number of primary sulfonamides is 1. The maximum atomic E-state index is 11.1. The first-order valence-corrected chi connectivity index (χ1v) is 6.74. The van der Waals surface area contributed by atoms with Gasteiger partial charge < -0.3 is 4.74 Å². The minimum Gasteiger partial charge on any atom is -0.491 e. The number of hydrogen-bond acceptors (Lipinski definition) is 3. The van der Waals surface area contributed by atoms with Crippen LogP contribution in [0.4, 0.5) is 0 Å². The number of hydrogen-bond donors (Lipinski definition) is 1. The molecule has 17 heavy (non-hydrogen) atoms. The number of rotatable bonds is 4. The molecule has 2 N–H and O–H groups in total. The molecule has 1 aromatic carbocycles. The van der Waals surface area contributed by atoms with Gasteiger partial charge in [0.2, 0.25) is 10.0 Å². The molecule has 0 heterocycles. The number of nitrogens with two attached hydrogens (primary N) is 1. The van der Waals surface area contributed by atoms with E-state index in [4.69, 9.17) is 39.5 Å². The van der Waals surface area contributed by atoms with Gasteiger partial charge in [0.25, 0.3) is 0 Å². The summed E-state index contributed by atoms with van der Waals surface area (Å²) >= 11 is 11.6. The minimum atomic E-state index is -3.90. The van der Waals surface area contributed by atoms with Crippen molar-refractivity contribution in [2.75, 3.05) is 6.61 Å². The van der Waals surface area contributed by atoms with E-state index < -0.39 is 10.0 Å². The van der Waals surface area contributed by atoms with Crippen LogP contribution in [0, 0.1) is 12.3 Å². The first kappa shape index (κ1) is 14.1. The van der Waals surface area contributed by atoms with E-state index in [1.165, 1.54) is 6.07 Å². The highest BCUT2D eigenvalue weighted by atomic mass is 35.5. The number of ether oxygens (including phenoxy) is 1. The number of terminal acetylenes is 1. The Kier molecular flexibility index (Phi) is 4.66. The van der Waals surface area contributed by atoms with Crippen LogP contribution in [0.3, 0.4) is 0 Å². The van der Waals surface area contributed by atoms with Gasteiger partial charge in [0.15, 0.2) is 0 Å². The highest BCUT2D eigenvalue weighted by molar-refractivity contribution is 7.89. The molecule has 92 valence electrons. The molecule has 0 saturated carbocycles. The zero-order valence-electron chi connectivity index (χ0n) is 8.61. The second kappa shape index (κ2) is 5.61. The molecule has 0 aliphatic heterocycles. The highest BCUT2D eigenvalue weighted by Gasteiger charge is 2.16. The molecule has 0 aromatic heterocycles. The largest absolute Gasteiger partial charge is 0.491 e. The number of sulfonamides is 1. The summed E-state index contributed by atoms with van der Waals surface area (Å²) in [4.78, 5) is -0.242. The lowest BCUT2D eigenvalue weighted by Gasteiger charge is -2.09. The third-order valence-corrected chi connectivity index (χ3v) is 3.47. The van der Waals surface area contributed by atoms with Gasteiger partial charge in [-0.15, -0.1) is 12.3 Å². The molecule has 0 spiro atoms. The molecule has 4 nitrogen and oxygen atoms in total. The molecule has 0 saturated heterocycles. The van der Waals surface area contributed by atoms with Gasteiger partial charge in [-0.2, -0.15) is 0 Å². The van der Waals surface area contributed by atoms with Crippen LogP contribution in [0.1, 0.15) is 6.42 Å². The van der Waals surface area contributed by atoms with E-state index >= 15 is 0 Å². The monoisotopic (exact) mass is 293 g/mol. The lowest BCUT2D eigenvalue weighted by atomic mass is 10.3. The van der Waals surface area contributed by atoms with Crippen LogP contribution in [0.2, 0.25) is 10.0 Å². The second-order valence-corrected chi connectivity index (χ2v) is 5.40. The Hall–Kier alpha value is -0.930. The van der Waals surface area contributed by atoms with Gasteiger partial charge in [0.1, 0.15) is 10.6 Å². The van der Waals surface area contributed by atoms with Crippen LogP contribution in [-0.2, 0) is 10.0 Å². The van der Waals surface area contributed by atoms with Crippen LogP contribution in [0.5, 0.6) is 5.75 Å². The Bertz CT molecular complexity index is 564. The number of benzene rings is 1. The summed E-state index contributed by atoms with van der Waals surface area (Å²) in [5, 5.41) is 5.02. The fourth-order valence-electron chi connectivity index (χ4n) is 1.06. The summed E-state index contributed by atoms with van der Waals surface area (Å²) in [7, 11) is -3.90. The summed E-state index contributed by atoms with van der Waals surface area (Å²) in [6, 6.07) is 2.44. The van der Waals surface area contributed by atoms with Crippen LogP contribution in [-0.4, -0.2) is 15.0 Å². The summed E-state index contributed by atoms with van der Waals surface area (Å²) in [6.07, 6.45) is 5.46. The lowest BCUT2D eigenvalue weighted by Crippen LogP contribution is -2.13. The molecule has 0 atom stereocenters. The molecular formula is C10H9Cl2NO3S. The van der Waals surface area contributed by atoms with E-state index in [1.54, 1.807) is 0 Å². The molecule has 0 amide bonds. The van der Waals surface area contributed by atoms with E-state index in [1.807, 2.05) is 0 Å². The van der Waals surface area contributed by atoms with Gasteiger partial charge in [0, 0.05) is 12.5 Å². The first-order chi connectivity index (χ1) is 7.86. The van der Waals surface area contributed by atoms with E-state index in [0.29, 0.717) is 6.42 Å². The highest BCUT2D eigenvalue weighted by Crippen LogP contribution is 2.33. The predicted molar refractivity (Wildman–Crippen MR) is 66.8 cm³/mol. The van der Waals surface area contributed by atoms with E-state index in [2.05, 4.69) is 5.92 Å². The molecule has 7 heteroatoms. The van der Waals surface area contributed by atoms with Crippen molar-refractivity contribution in [3.8, 4) is 18.1 Å². The van der Waals surface area contributed by atoms with Crippen molar-refractivity contribution >= 4 is 33.2 Å². The van der Waals surface area contributed by atoms with Crippen molar-refractivity contribution in [3.05, 3.63) is 22.2 Å². The second-order valence-electron chi connectivity index (χ2n) is 3.06. The van der Waals surface area contributed by atoms with Gasteiger partial charge in [0.05, 0.1) is 16.7 Å². The fraction of sp³-hybridized carbons (Fsp3) is 0.200. The zero-order chi connectivity index (χ0) is 13.1. The smallest absolute Gasteiger partial charge is 0.239 e. The van der Waals surface area contributed by atoms with Gasteiger partial charge in [-0.3, -0.25) is 0 Å². The average Bonchev–Trinajstić information content (AvgIpc) is 2.21. The molecule has 1 aromatic rings. The Morgan fingerprint density at radius 2 is 2.00 bits per heavy atom. The Morgan fingerprint density at radius 3 is 2.53 bits per heavy atom. The summed E-state index contributed by atoms with van der Waals surface area (Å²) in [5.41, 5.74) is 0. The van der Waals surface area contributed by atoms with Crippen molar-refractivity contribution < 1.29 is 13.2 Å². The van der Waals surface area contributed by atoms with Gasteiger partial charge in [-0.1, -0.05) is 23.2 Å². The summed E-state index contributed by atoms with van der Waals surface area (Å²) in [5.74, 6) is 2.65. The quantitative estimate of drug-likeness (QED) is 0.682. The molecule has 0 unspecified atom stereocenters. The molecule has 0 radical (unpaired) electrons. The summed E-state index contributed by atoms with van der Waals surface area (Å²) in [6.45, 7) is 0.265. The third kappa shape index (κ3) is 3.79. The molecule has 0 bridgehead atoms. The van der Waals surface area contributed by atoms with Crippen LogP contribution in [0.15, 0.2) is 17.0 Å². The Balaban J connectivity index is 3.07. The maximum Gasteiger partial charge on any atom is 0.239 e. The Labute approximate surface area is 110 Å². The lowest BCUT2D eigenvalue weighted by molar-refractivity contribution is 0.327. The molecule has 0 aliphatic carbocycles. The van der Waals surface area contributed by atoms with Crippen molar-refractivity contribution in [1.29, 1.82) is 0 Å². The van der Waals surface area contributed by atoms with Crippen LogP contribution >= 0.6 is 23.2 Å². The van der Waals surface area contributed by atoms with Crippen molar-refractivity contribution in [2.45, 2.75) is 11.3 Å². The van der Waals surface area contributed by atoms with E-state index in [-0.39, 0.29) is 27.3 Å². The van der Waals surface area contributed by atoms with Gasteiger partial charge >= 0.3 is 0 Å². The summed E-state index contributed by atoms with van der Waals surface area (Å²) < 4.78 is 27.5. The SMILES string of the molecule is C#CCCOc1cc(Cl)c(S(N)(=O)=O)cc1Cl. The maximum absolute atomic E-state index is 11.1. The Morgan fingerprint density at radius 1 is 1.35 bits per heavy atom. The van der Waals surface area contributed by atoms with Crippen molar-refractivity contribution in [3.63, 3.8) is 0 Å². The van der Waals surface area contributed by atoms with Crippen molar-refractivity contribution in [1.82, 2.24) is 0 Å². The predicted octanol–water partition coefficient (Wildman–Crippen LogP) is 2.04. The van der Waals surface area contributed by atoms with Crippen LogP contribution in [0.25, 0.3) is 0 Å². The third-order valence-electron chi connectivity index (χ3n) is 1.80. The standard InChI is InChI=1S/C10H9Cl2NO3S/c1-2-3-4-16-9-5-8(12)10(6-7(9)11)17(13,14)15/h1,5-6H,3-4H2,(H2,13,14,15). The van der Waals surface area contributed by atoms with E-state index in [9.17, 15) is 8.42 Å². The van der Waals surface area contributed by atoms with Gasteiger partial charge in [-0.05, 0) is 6.07 Å². The normalized spacial score (nSPS) is 10.9. The fourth-order valence-corrected chi connectivity index (χ4v) is 2.43. The van der Waals surface area contributed by atoms with Crippen molar-refractivity contribution in [2.24, 2.45) is 5.14 Å². The molecular weight excluding hydrogens is 285 g/mol. The molecule has 1 rings (SSSR count).